The van der Waals surface area contributed by atoms with Crippen molar-refractivity contribution in [3.05, 3.63) is 101 Å². The second-order valence-electron chi connectivity index (χ2n) is 25.5. The standard InChI is InChI=1S/C68H104N10O13/c1-17-43(10)58(53(89-15)37-54(79)78-36-22-26-52(78)60(90-16)44(11)61(81)71-45(12)59(80)48-23-19-18-20-24-48)76(13)66(86)56(41(6)7)75-65(85)57(42(8)9)77(14)68(88)91-38-46-27-33-50(34-28-46)72-63(83)51(25-21-35-70-67(69)87)73-64(84)55(40(4)5)74-62(82)49-31-29-47(30-32-49)39(2)3/h18-20,23-24,27-34,39-45,51-53,55-60,80H,17,21-22,25-26,35-38H2,1-16H3,(H,71,81)(H,72,83)(H,73,84)(H,74,82)(H,75,85)(H3,69,70,87)/t43-,44+,45+,51-,52-,53+,55-,56-,57-,58-,59+,60+/m0/s1. The van der Waals surface area contributed by atoms with E-state index in [-0.39, 0.29) is 62.0 Å². The van der Waals surface area contributed by atoms with Crippen LogP contribution in [0.5, 0.6) is 0 Å². The molecule has 10 amide bonds. The average Bonchev–Trinajstić information content (AvgIpc) is 3.13. The minimum atomic E-state index is -1.09. The number of anilines is 1. The molecule has 3 aromatic rings. The molecule has 12 atom stereocenters. The van der Waals surface area contributed by atoms with Gasteiger partial charge in [-0.25, -0.2) is 9.59 Å². The number of aliphatic hydroxyl groups is 1. The molecule has 23 nitrogen and oxygen atoms in total. The molecule has 0 aromatic heterocycles. The lowest BCUT2D eigenvalue weighted by molar-refractivity contribution is -0.148. The van der Waals surface area contributed by atoms with Gasteiger partial charge in [-0.1, -0.05) is 137 Å². The van der Waals surface area contributed by atoms with E-state index in [9.17, 15) is 48.3 Å². The van der Waals surface area contributed by atoms with Gasteiger partial charge in [0.25, 0.3) is 5.91 Å². The molecule has 4 rings (SSSR count). The summed E-state index contributed by atoms with van der Waals surface area (Å²) in [7, 11) is 6.11. The third-order valence-corrected chi connectivity index (χ3v) is 17.3. The van der Waals surface area contributed by atoms with Crippen LogP contribution < -0.4 is 37.6 Å². The van der Waals surface area contributed by atoms with Crippen molar-refractivity contribution < 1.29 is 62.5 Å². The fraction of sp³-hybridized carbons (Fsp3) is 0.603. The number of nitrogens with zero attached hydrogens (tertiary/aromatic N) is 3. The fourth-order valence-corrected chi connectivity index (χ4v) is 11.7. The van der Waals surface area contributed by atoms with Gasteiger partial charge in [0.15, 0.2) is 0 Å². The van der Waals surface area contributed by atoms with E-state index in [1.807, 2.05) is 71.9 Å². The Hall–Kier alpha value is -7.63. The van der Waals surface area contributed by atoms with Gasteiger partial charge in [0.1, 0.15) is 30.8 Å². The maximum atomic E-state index is 14.8. The van der Waals surface area contributed by atoms with Crippen molar-refractivity contribution in [1.29, 1.82) is 0 Å². The monoisotopic (exact) mass is 1270 g/mol. The number of urea groups is 1. The van der Waals surface area contributed by atoms with Crippen molar-refractivity contribution in [2.24, 2.45) is 35.3 Å². The number of hydrogen-bond acceptors (Lipinski definition) is 13. The Bertz CT molecular complexity index is 2860. The zero-order valence-corrected chi connectivity index (χ0v) is 56.4. The van der Waals surface area contributed by atoms with Crippen LogP contribution in [0, 0.1) is 29.6 Å². The highest BCUT2D eigenvalue weighted by Gasteiger charge is 2.44. The quantitative estimate of drug-likeness (QED) is 0.0279. The zero-order chi connectivity index (χ0) is 68.0. The number of hydrogen-bond donors (Lipinski definition) is 8. The SMILES string of the molecule is CC[C@H](C)[C@@H]([C@@H](CC(=O)N1CCC[C@H]1[C@H](OC)[C@@H](C)C(=O)N[C@H](C)[C@@H](O)c1ccccc1)OC)N(C)C(=O)[C@@H](NC(=O)[C@H](C(C)C)N(C)C(=O)OCc1ccc(NC(=O)[C@H](CCCNC(N)=O)NC(=O)[C@@H](NC(=O)c2ccc(C(C)C)cc2)C(C)C)cc1)C(C)C. The molecular formula is C68H104N10O13. The predicted molar refractivity (Wildman–Crippen MR) is 349 cm³/mol. The molecule has 9 N–H and O–H groups in total. The van der Waals surface area contributed by atoms with Crippen LogP contribution >= 0.6 is 0 Å². The molecule has 504 valence electrons. The van der Waals surface area contributed by atoms with Crippen LogP contribution in [-0.4, -0.2) is 169 Å². The van der Waals surface area contributed by atoms with Gasteiger partial charge in [-0.2, -0.15) is 0 Å². The van der Waals surface area contributed by atoms with Crippen molar-refractivity contribution in [3.63, 3.8) is 0 Å². The van der Waals surface area contributed by atoms with Gasteiger partial charge in [-0.05, 0) is 103 Å². The first-order valence-corrected chi connectivity index (χ1v) is 32.0. The van der Waals surface area contributed by atoms with Crippen LogP contribution in [0.3, 0.4) is 0 Å². The Labute approximate surface area is 538 Å². The van der Waals surface area contributed by atoms with Crippen molar-refractivity contribution in [1.82, 2.24) is 41.3 Å². The van der Waals surface area contributed by atoms with Crippen LogP contribution in [0.2, 0.25) is 0 Å². The molecule has 0 aliphatic carbocycles. The summed E-state index contributed by atoms with van der Waals surface area (Å²) in [4.78, 5) is 128. The Balaban J connectivity index is 1.41. The molecule has 1 aliphatic rings. The molecule has 23 heteroatoms. The van der Waals surface area contributed by atoms with Gasteiger partial charge in [0, 0.05) is 52.7 Å². The van der Waals surface area contributed by atoms with E-state index >= 15 is 0 Å². The summed E-state index contributed by atoms with van der Waals surface area (Å²) in [5.41, 5.74) is 8.27. The lowest BCUT2D eigenvalue weighted by Crippen LogP contribution is -2.60. The molecule has 0 radical (unpaired) electrons. The summed E-state index contributed by atoms with van der Waals surface area (Å²) >= 11 is 0. The molecule has 0 saturated carbocycles. The molecule has 91 heavy (non-hydrogen) atoms. The van der Waals surface area contributed by atoms with Crippen molar-refractivity contribution >= 4 is 59.2 Å². The summed E-state index contributed by atoms with van der Waals surface area (Å²) in [6.07, 6.45) is -0.962. The van der Waals surface area contributed by atoms with Crippen LogP contribution in [0.4, 0.5) is 15.3 Å². The normalized spacial score (nSPS) is 16.8. The number of ether oxygens (including phenoxy) is 3. The topological polar surface area (TPSA) is 309 Å². The van der Waals surface area contributed by atoms with E-state index < -0.39 is 120 Å². The number of benzene rings is 3. The van der Waals surface area contributed by atoms with Gasteiger partial charge in [0.05, 0.1) is 48.8 Å². The minimum absolute atomic E-state index is 0.0845. The first-order valence-electron chi connectivity index (χ1n) is 32.0. The Kier molecular flexibility index (Phi) is 30.3. The van der Waals surface area contributed by atoms with E-state index in [0.717, 1.165) is 5.56 Å². The lowest BCUT2D eigenvalue weighted by Gasteiger charge is -2.41. The first kappa shape index (κ1) is 75.8. The number of likely N-dealkylation sites (N-methyl/N-ethyl adjacent to an activating group) is 2. The molecule has 1 fully saturated rings. The zero-order valence-electron chi connectivity index (χ0n) is 56.4. The van der Waals surface area contributed by atoms with Gasteiger partial charge < -0.3 is 66.8 Å². The van der Waals surface area contributed by atoms with Crippen molar-refractivity contribution in [2.75, 3.05) is 46.7 Å². The second-order valence-corrected chi connectivity index (χ2v) is 25.5. The molecule has 0 spiro atoms. The van der Waals surface area contributed by atoms with Crippen LogP contribution in [-0.2, 0) is 49.6 Å². The van der Waals surface area contributed by atoms with E-state index in [4.69, 9.17) is 19.9 Å². The number of rotatable bonds is 34. The number of likely N-dealkylation sites (tertiary alicyclic amines) is 1. The molecule has 0 bridgehead atoms. The van der Waals surface area contributed by atoms with Gasteiger partial charge in [-0.3, -0.25) is 38.5 Å². The summed E-state index contributed by atoms with van der Waals surface area (Å²) in [6.45, 7) is 22.6. The van der Waals surface area contributed by atoms with Gasteiger partial charge in [0.2, 0.25) is 35.4 Å². The number of carbonyl (C=O) groups excluding carboxylic acids is 9. The van der Waals surface area contributed by atoms with Gasteiger partial charge >= 0.3 is 12.1 Å². The minimum Gasteiger partial charge on any atom is -0.445 e. The summed E-state index contributed by atoms with van der Waals surface area (Å²) < 4.78 is 17.8. The summed E-state index contributed by atoms with van der Waals surface area (Å²) in [5.74, 6) is -4.91. The summed E-state index contributed by atoms with van der Waals surface area (Å²) in [6, 6.07) is 16.1. The predicted octanol–water partition coefficient (Wildman–Crippen LogP) is 7.03. The van der Waals surface area contributed by atoms with Crippen molar-refractivity contribution in [3.8, 4) is 0 Å². The Morgan fingerprint density at radius 2 is 1.32 bits per heavy atom. The highest BCUT2D eigenvalue weighted by molar-refractivity contribution is 6.00. The molecule has 1 aliphatic heterocycles. The van der Waals surface area contributed by atoms with E-state index in [0.29, 0.717) is 48.2 Å². The number of aliphatic hydroxyl groups excluding tert-OH is 1. The second kappa shape index (κ2) is 36.4. The van der Waals surface area contributed by atoms with Crippen LogP contribution in [0.25, 0.3) is 0 Å². The molecule has 3 aromatic carbocycles. The van der Waals surface area contributed by atoms with E-state index in [1.165, 1.54) is 26.2 Å². The third kappa shape index (κ3) is 21.8. The number of methoxy groups -OCH3 is 2. The molecule has 0 unspecified atom stereocenters. The van der Waals surface area contributed by atoms with E-state index in [1.54, 1.807) is 107 Å². The third-order valence-electron chi connectivity index (χ3n) is 17.3. The maximum Gasteiger partial charge on any atom is 0.410 e. The fourth-order valence-electron chi connectivity index (χ4n) is 11.7. The summed E-state index contributed by atoms with van der Waals surface area (Å²) in [5, 5.41) is 27.7. The first-order chi connectivity index (χ1) is 43.0. The van der Waals surface area contributed by atoms with Gasteiger partial charge in [-0.15, -0.1) is 0 Å². The highest BCUT2D eigenvalue weighted by Crippen LogP contribution is 2.31. The number of carbonyl (C=O) groups is 9. The number of nitrogens with one attached hydrogen (secondary N) is 6. The highest BCUT2D eigenvalue weighted by atomic mass is 16.6. The molecular weight excluding hydrogens is 1160 g/mol. The Morgan fingerprint density at radius 1 is 0.692 bits per heavy atom. The number of amides is 10. The molecule has 1 heterocycles. The Morgan fingerprint density at radius 3 is 1.87 bits per heavy atom. The van der Waals surface area contributed by atoms with Crippen LogP contribution in [0.1, 0.15) is 161 Å². The van der Waals surface area contributed by atoms with E-state index in [2.05, 4.69) is 31.9 Å². The average molecular weight is 1270 g/mol. The van der Waals surface area contributed by atoms with Crippen LogP contribution in [0.15, 0.2) is 78.9 Å². The number of nitrogens with two attached hydrogens (primary N) is 1. The van der Waals surface area contributed by atoms with Crippen molar-refractivity contribution in [2.45, 2.75) is 195 Å². The largest absolute Gasteiger partial charge is 0.445 e. The maximum absolute atomic E-state index is 14.8. The molecule has 1 saturated heterocycles. The number of primary amides is 1. The smallest absolute Gasteiger partial charge is 0.410 e. The lowest BCUT2D eigenvalue weighted by atomic mass is 9.89.